The normalized spacial score (nSPS) is 16.5. The molecule has 0 atom stereocenters. The zero-order valence-corrected chi connectivity index (χ0v) is 36.9. The Morgan fingerprint density at radius 2 is 1.31 bits per heavy atom. The van der Waals surface area contributed by atoms with E-state index in [1.54, 1.807) is 24.7 Å². The number of aromatic nitrogens is 6. The summed E-state index contributed by atoms with van der Waals surface area (Å²) >= 11 is 9.53. The van der Waals surface area contributed by atoms with Gasteiger partial charge >= 0.3 is 5.97 Å². The number of nitrogens with one attached hydrogen (secondary N) is 2. The van der Waals surface area contributed by atoms with Crippen LogP contribution in [-0.2, 0) is 31.7 Å². The number of rotatable bonds is 2. The fraction of sp³-hybridized carbons (Fsp3) is 0.292. The molecule has 7 aromatic rings. The fourth-order valence-electron chi connectivity index (χ4n) is 9.48. The molecule has 328 valence electrons. The first-order valence-corrected chi connectivity index (χ1v) is 22.3. The largest absolute Gasteiger partial charge is 0.482 e. The van der Waals surface area contributed by atoms with Crippen LogP contribution in [0.1, 0.15) is 63.1 Å². The van der Waals surface area contributed by atoms with Crippen molar-refractivity contribution in [2.24, 2.45) is 19.1 Å². The molecule has 2 saturated heterocycles. The number of likely N-dealkylation sites (tertiary alicyclic amines) is 1. The number of aromatic amines is 1. The highest BCUT2D eigenvalue weighted by molar-refractivity contribution is 6.40. The molecule has 12 rings (SSSR count). The van der Waals surface area contributed by atoms with Crippen molar-refractivity contribution in [3.8, 4) is 34.0 Å². The van der Waals surface area contributed by atoms with Gasteiger partial charge in [0.2, 0.25) is 0 Å². The molecule has 64 heavy (non-hydrogen) atoms. The molecule has 3 N–H and O–H groups in total. The molecule has 0 radical (unpaired) electrons. The van der Waals surface area contributed by atoms with Crippen molar-refractivity contribution < 1.29 is 24.2 Å². The van der Waals surface area contributed by atoms with Gasteiger partial charge in [-0.3, -0.25) is 19.2 Å². The van der Waals surface area contributed by atoms with Gasteiger partial charge in [0.1, 0.15) is 28.2 Å². The Hall–Kier alpha value is -6.48. The van der Waals surface area contributed by atoms with Crippen molar-refractivity contribution in [2.45, 2.75) is 43.3 Å². The second-order valence-electron chi connectivity index (χ2n) is 16.1. The molecule has 0 saturated carbocycles. The number of hydrogen-bond donors (Lipinski definition) is 3. The lowest BCUT2D eigenvalue weighted by molar-refractivity contribution is -0.00168. The zero-order valence-electron chi connectivity index (χ0n) is 35.4. The summed E-state index contributed by atoms with van der Waals surface area (Å²) in [5.41, 5.74) is 10.4. The molecule has 0 aliphatic carbocycles. The molecule has 5 aliphatic heterocycles. The van der Waals surface area contributed by atoms with E-state index in [2.05, 4.69) is 54.7 Å². The van der Waals surface area contributed by atoms with Gasteiger partial charge < -0.3 is 29.8 Å². The van der Waals surface area contributed by atoms with Crippen LogP contribution in [0.15, 0.2) is 109 Å². The number of benzene rings is 4. The summed E-state index contributed by atoms with van der Waals surface area (Å²) in [6.07, 6.45) is 11.5. The van der Waals surface area contributed by atoms with Crippen LogP contribution in [0, 0.1) is 0 Å². The lowest BCUT2D eigenvalue weighted by Crippen LogP contribution is -2.49. The van der Waals surface area contributed by atoms with Gasteiger partial charge in [-0.25, -0.2) is 9.78 Å². The van der Waals surface area contributed by atoms with Crippen LogP contribution in [0.4, 0.5) is 5.69 Å². The number of para-hydroxylation sites is 4. The number of carboxylic acid groups (broad SMARTS) is 1. The second-order valence-corrected chi connectivity index (χ2v) is 16.9. The number of ether oxygens (including phenoxy) is 2. The smallest absolute Gasteiger partial charge is 0.337 e. The quantitative estimate of drug-likeness (QED) is 0.144. The number of carbonyl (C=O) groups excluding carboxylic acids is 1. The first kappa shape index (κ1) is 42.8. The number of fused-ring (bicyclic) bond motifs is 10. The molecule has 1 amide bonds. The summed E-state index contributed by atoms with van der Waals surface area (Å²) in [6, 6.07) is 27.3. The molecule has 3 aromatic heterocycles. The van der Waals surface area contributed by atoms with Gasteiger partial charge in [-0.2, -0.15) is 10.2 Å². The van der Waals surface area contributed by atoms with E-state index in [1.807, 2.05) is 89.3 Å². The number of H-pyrrole nitrogens is 1. The first-order chi connectivity index (χ1) is 31.2. The number of aromatic carboxylic acids is 1. The van der Waals surface area contributed by atoms with E-state index in [4.69, 9.17) is 37.8 Å². The number of amides is 1. The van der Waals surface area contributed by atoms with Crippen LogP contribution < -0.4 is 14.8 Å². The first-order valence-electron chi connectivity index (χ1n) is 21.2. The highest BCUT2D eigenvalue weighted by Gasteiger charge is 2.46. The third-order valence-corrected chi connectivity index (χ3v) is 12.6. The summed E-state index contributed by atoms with van der Waals surface area (Å²) in [6.45, 7) is 3.24. The SMILES string of the molecule is ClCCl.Cn1ncc2c1-c1ccccc1OC21CCN(C(=O)c2cccc3[nH]cnc23)CC1.Cn1ncc2c1-c1ccccc1OC21CCNCC1.O=C(O)c1cccc2c1N=CC2. The minimum absolute atomic E-state index is 0.0187. The molecule has 0 bridgehead atoms. The van der Waals surface area contributed by atoms with Crippen molar-refractivity contribution in [3.63, 3.8) is 0 Å². The molecular formula is C48H47Cl2N9O5. The number of carboxylic acids is 1. The van der Waals surface area contributed by atoms with Crippen molar-refractivity contribution >= 4 is 58.0 Å². The van der Waals surface area contributed by atoms with E-state index in [0.717, 1.165) is 95.7 Å². The standard InChI is InChI=1S/C23H21N5O2.C15H17N3O.C9H7NO2.CH2Cl2/c1-27-21-15-5-2-3-8-19(15)30-23(17(21)13-26-27)9-11-28(12-10-23)22(29)16-6-4-7-18-20(16)25-14-24-18;1-18-14-11-4-2-3-5-13(11)19-15(12(14)10-17-18)6-8-16-9-7-15;11-9(12)7-3-1-2-6-4-5-10-8(6)7;2-1-3/h2-8,13-14H,9-12H2,1H3,(H,24,25);2-5,10,16H,6-9H2,1H3;1-3,5H,4H2,(H,11,12);1H2. The summed E-state index contributed by atoms with van der Waals surface area (Å²) in [5, 5.41) is 21.4. The Kier molecular flexibility index (Phi) is 12.0. The Balaban J connectivity index is 0.000000130. The summed E-state index contributed by atoms with van der Waals surface area (Å²) in [5.74, 6) is 0.978. The van der Waals surface area contributed by atoms with E-state index < -0.39 is 11.6 Å². The van der Waals surface area contributed by atoms with Crippen LogP contribution in [0.25, 0.3) is 33.5 Å². The van der Waals surface area contributed by atoms with Gasteiger partial charge in [-0.05, 0) is 61.1 Å². The average Bonchev–Trinajstić information content (AvgIpc) is 4.15. The third kappa shape index (κ3) is 7.79. The molecule has 16 heteroatoms. The molecule has 2 fully saturated rings. The summed E-state index contributed by atoms with van der Waals surface area (Å²) in [7, 11) is 3.98. The summed E-state index contributed by atoms with van der Waals surface area (Å²) < 4.78 is 16.9. The highest BCUT2D eigenvalue weighted by atomic mass is 35.5. The molecule has 0 unspecified atom stereocenters. The van der Waals surface area contributed by atoms with E-state index in [-0.39, 0.29) is 16.8 Å². The maximum Gasteiger partial charge on any atom is 0.337 e. The number of alkyl halides is 2. The molecule has 5 aliphatic rings. The second kappa shape index (κ2) is 17.9. The minimum Gasteiger partial charge on any atom is -0.482 e. The average molecular weight is 901 g/mol. The zero-order chi connectivity index (χ0) is 44.4. The van der Waals surface area contributed by atoms with Gasteiger partial charge in [0.25, 0.3) is 5.91 Å². The number of carbonyl (C=O) groups is 2. The monoisotopic (exact) mass is 899 g/mol. The number of piperidine rings is 2. The van der Waals surface area contributed by atoms with E-state index >= 15 is 0 Å². The molecule has 2 spiro atoms. The van der Waals surface area contributed by atoms with Gasteiger partial charge in [-0.15, -0.1) is 23.2 Å². The summed E-state index contributed by atoms with van der Waals surface area (Å²) in [4.78, 5) is 37.3. The van der Waals surface area contributed by atoms with Crippen molar-refractivity contribution in [1.82, 2.24) is 39.7 Å². The van der Waals surface area contributed by atoms with Gasteiger partial charge in [-0.1, -0.05) is 42.5 Å². The molecule has 8 heterocycles. The number of halogens is 2. The van der Waals surface area contributed by atoms with Crippen LogP contribution in [0.3, 0.4) is 0 Å². The lowest BCUT2D eigenvalue weighted by Gasteiger charge is -2.44. The molecule has 4 aromatic carbocycles. The van der Waals surface area contributed by atoms with Crippen LogP contribution in [0.2, 0.25) is 0 Å². The fourth-order valence-corrected chi connectivity index (χ4v) is 9.48. The van der Waals surface area contributed by atoms with E-state index in [1.165, 1.54) is 11.3 Å². The number of aryl methyl sites for hydroxylation is 2. The number of nitrogens with zero attached hydrogens (tertiary/aromatic N) is 7. The Labute approximate surface area is 379 Å². The van der Waals surface area contributed by atoms with Crippen molar-refractivity contribution in [1.29, 1.82) is 0 Å². The van der Waals surface area contributed by atoms with Crippen molar-refractivity contribution in [3.05, 3.63) is 131 Å². The van der Waals surface area contributed by atoms with Gasteiger partial charge in [0.15, 0.2) is 0 Å². The van der Waals surface area contributed by atoms with E-state index in [0.29, 0.717) is 29.9 Å². The van der Waals surface area contributed by atoms with Crippen LogP contribution in [0.5, 0.6) is 11.5 Å². The molecular weight excluding hydrogens is 853 g/mol. The topological polar surface area (TPSA) is 165 Å². The van der Waals surface area contributed by atoms with Crippen molar-refractivity contribution in [2.75, 3.05) is 31.5 Å². The van der Waals surface area contributed by atoms with Gasteiger partial charge in [0, 0.05) is 87.8 Å². The Bertz CT molecular complexity index is 2870. The predicted octanol–water partition coefficient (Wildman–Crippen LogP) is 8.61. The predicted molar refractivity (Wildman–Crippen MR) is 247 cm³/mol. The third-order valence-electron chi connectivity index (χ3n) is 12.6. The number of hydrogen-bond acceptors (Lipinski definition) is 9. The maximum absolute atomic E-state index is 13.2. The number of imidazole rings is 1. The minimum atomic E-state index is -0.911. The maximum atomic E-state index is 13.2. The number of aliphatic imine (C=N–C) groups is 1. The van der Waals surface area contributed by atoms with Crippen LogP contribution in [-0.4, -0.2) is 89.1 Å². The molecule has 14 nitrogen and oxygen atoms in total. The highest BCUT2D eigenvalue weighted by Crippen LogP contribution is 2.50. The van der Waals surface area contributed by atoms with Gasteiger partial charge in [0.05, 0.1) is 57.8 Å². The Morgan fingerprint density at radius 3 is 1.92 bits per heavy atom. The van der Waals surface area contributed by atoms with E-state index in [9.17, 15) is 9.59 Å². The Morgan fingerprint density at radius 1 is 0.750 bits per heavy atom. The van der Waals surface area contributed by atoms with Crippen LogP contribution >= 0.6 is 23.2 Å². The lowest BCUT2D eigenvalue weighted by atomic mass is 9.81.